The summed E-state index contributed by atoms with van der Waals surface area (Å²) >= 11 is 0. The molecule has 2 aromatic rings. The Morgan fingerprint density at radius 3 is 2.44 bits per heavy atom. The van der Waals surface area contributed by atoms with Crippen LogP contribution in [0.15, 0.2) is 48.8 Å². The van der Waals surface area contributed by atoms with Gasteiger partial charge < -0.3 is 10.4 Å². The first-order valence-electron chi connectivity index (χ1n) is 4.76. The van der Waals surface area contributed by atoms with Crippen molar-refractivity contribution in [2.45, 2.75) is 0 Å². The fraction of sp³-hybridized carbons (Fsp3) is 0. The van der Waals surface area contributed by atoms with Gasteiger partial charge in [-0.3, -0.25) is 4.98 Å². The van der Waals surface area contributed by atoms with E-state index in [-0.39, 0.29) is 5.56 Å². The van der Waals surface area contributed by atoms with Crippen molar-refractivity contribution < 1.29 is 9.90 Å². The van der Waals surface area contributed by atoms with E-state index in [4.69, 9.17) is 5.11 Å². The Bertz CT molecular complexity index is 480. The van der Waals surface area contributed by atoms with E-state index < -0.39 is 5.97 Å². The van der Waals surface area contributed by atoms with Crippen molar-refractivity contribution in [1.82, 2.24) is 4.98 Å². The van der Waals surface area contributed by atoms with Gasteiger partial charge >= 0.3 is 5.97 Å². The number of anilines is 2. The zero-order chi connectivity index (χ0) is 11.4. The standard InChI is InChI=1S/C12H10N2O2/c15-12(16)9-3-5-10(6-4-9)14-11-2-1-7-13-8-11/h1-8,14H,(H,15,16). The number of hydrogen-bond acceptors (Lipinski definition) is 3. The molecule has 0 saturated carbocycles. The minimum absolute atomic E-state index is 0.275. The maximum atomic E-state index is 10.6. The molecule has 4 nitrogen and oxygen atoms in total. The highest BCUT2D eigenvalue weighted by atomic mass is 16.4. The fourth-order valence-electron chi connectivity index (χ4n) is 1.30. The van der Waals surface area contributed by atoms with E-state index in [1.807, 2.05) is 12.1 Å². The predicted octanol–water partition coefficient (Wildman–Crippen LogP) is 2.52. The Hall–Kier alpha value is -2.36. The lowest BCUT2D eigenvalue weighted by atomic mass is 10.2. The molecule has 16 heavy (non-hydrogen) atoms. The third-order valence-electron chi connectivity index (χ3n) is 2.08. The number of pyridine rings is 1. The van der Waals surface area contributed by atoms with Crippen LogP contribution in [0.5, 0.6) is 0 Å². The minimum atomic E-state index is -0.923. The van der Waals surface area contributed by atoms with Crippen LogP contribution in [0.1, 0.15) is 10.4 Å². The molecule has 0 amide bonds. The van der Waals surface area contributed by atoms with Crippen molar-refractivity contribution in [3.05, 3.63) is 54.4 Å². The number of benzene rings is 1. The number of rotatable bonds is 3. The van der Waals surface area contributed by atoms with Crippen molar-refractivity contribution >= 4 is 17.3 Å². The van der Waals surface area contributed by atoms with E-state index in [2.05, 4.69) is 10.3 Å². The molecule has 1 aromatic heterocycles. The van der Waals surface area contributed by atoms with Crippen molar-refractivity contribution in [3.8, 4) is 0 Å². The molecule has 1 heterocycles. The summed E-state index contributed by atoms with van der Waals surface area (Å²) in [5.74, 6) is -0.923. The van der Waals surface area contributed by atoms with Crippen LogP contribution in [-0.2, 0) is 0 Å². The highest BCUT2D eigenvalue weighted by Gasteiger charge is 2.01. The second-order valence-electron chi connectivity index (χ2n) is 3.25. The molecule has 0 unspecified atom stereocenters. The Labute approximate surface area is 92.6 Å². The van der Waals surface area contributed by atoms with Crippen LogP contribution < -0.4 is 5.32 Å². The molecule has 0 aliphatic heterocycles. The molecule has 2 rings (SSSR count). The summed E-state index contributed by atoms with van der Waals surface area (Å²) in [6.07, 6.45) is 3.39. The average molecular weight is 214 g/mol. The van der Waals surface area contributed by atoms with Crippen LogP contribution in [0.25, 0.3) is 0 Å². The van der Waals surface area contributed by atoms with Gasteiger partial charge in [0.2, 0.25) is 0 Å². The van der Waals surface area contributed by atoms with E-state index in [0.29, 0.717) is 0 Å². The zero-order valence-corrected chi connectivity index (χ0v) is 8.42. The van der Waals surface area contributed by atoms with Crippen LogP contribution in [0.2, 0.25) is 0 Å². The van der Waals surface area contributed by atoms with Gasteiger partial charge in [-0.15, -0.1) is 0 Å². The first kappa shape index (κ1) is 10.2. The van der Waals surface area contributed by atoms with Crippen molar-refractivity contribution in [3.63, 3.8) is 0 Å². The topological polar surface area (TPSA) is 62.2 Å². The molecule has 0 fully saturated rings. The number of carboxylic acid groups (broad SMARTS) is 1. The Morgan fingerprint density at radius 1 is 1.12 bits per heavy atom. The maximum absolute atomic E-state index is 10.6. The van der Waals surface area contributed by atoms with E-state index >= 15 is 0 Å². The molecule has 80 valence electrons. The van der Waals surface area contributed by atoms with E-state index in [0.717, 1.165) is 11.4 Å². The number of aromatic nitrogens is 1. The van der Waals surface area contributed by atoms with Crippen LogP contribution in [-0.4, -0.2) is 16.1 Å². The Balaban J connectivity index is 2.14. The van der Waals surface area contributed by atoms with E-state index in [1.165, 1.54) is 0 Å². The third-order valence-corrected chi connectivity index (χ3v) is 2.08. The molecular formula is C12H10N2O2. The molecule has 0 aliphatic rings. The summed E-state index contributed by atoms with van der Waals surface area (Å²) in [5, 5.41) is 11.8. The van der Waals surface area contributed by atoms with Crippen LogP contribution in [0.4, 0.5) is 11.4 Å². The summed E-state index contributed by atoms with van der Waals surface area (Å²) < 4.78 is 0. The number of hydrogen-bond donors (Lipinski definition) is 2. The molecule has 0 bridgehead atoms. The van der Waals surface area contributed by atoms with Gasteiger partial charge in [0, 0.05) is 11.9 Å². The SMILES string of the molecule is O=C(O)c1ccc(Nc2cccnc2)cc1. The second-order valence-corrected chi connectivity index (χ2v) is 3.25. The summed E-state index contributed by atoms with van der Waals surface area (Å²) in [6, 6.07) is 10.3. The highest BCUT2D eigenvalue weighted by molar-refractivity contribution is 5.88. The van der Waals surface area contributed by atoms with Gasteiger partial charge in [0.25, 0.3) is 0 Å². The average Bonchev–Trinajstić information content (AvgIpc) is 2.31. The largest absolute Gasteiger partial charge is 0.478 e. The lowest BCUT2D eigenvalue weighted by Crippen LogP contribution is -1.96. The molecular weight excluding hydrogens is 204 g/mol. The first-order valence-corrected chi connectivity index (χ1v) is 4.76. The molecule has 0 aliphatic carbocycles. The highest BCUT2D eigenvalue weighted by Crippen LogP contribution is 2.15. The lowest BCUT2D eigenvalue weighted by Gasteiger charge is -2.05. The minimum Gasteiger partial charge on any atom is -0.478 e. The third kappa shape index (κ3) is 2.36. The molecule has 0 radical (unpaired) electrons. The Morgan fingerprint density at radius 2 is 1.88 bits per heavy atom. The second kappa shape index (κ2) is 4.44. The summed E-state index contributed by atoms with van der Waals surface area (Å²) in [7, 11) is 0. The number of nitrogens with one attached hydrogen (secondary N) is 1. The van der Waals surface area contributed by atoms with Crippen LogP contribution in [0.3, 0.4) is 0 Å². The number of carbonyl (C=O) groups is 1. The molecule has 4 heteroatoms. The van der Waals surface area contributed by atoms with E-state index in [9.17, 15) is 4.79 Å². The van der Waals surface area contributed by atoms with Gasteiger partial charge in [-0.1, -0.05) is 0 Å². The van der Waals surface area contributed by atoms with Gasteiger partial charge in [-0.05, 0) is 36.4 Å². The lowest BCUT2D eigenvalue weighted by molar-refractivity contribution is 0.0697. The summed E-state index contributed by atoms with van der Waals surface area (Å²) in [4.78, 5) is 14.6. The smallest absolute Gasteiger partial charge is 0.335 e. The number of aromatic carboxylic acids is 1. The molecule has 0 spiro atoms. The molecule has 2 N–H and O–H groups in total. The zero-order valence-electron chi connectivity index (χ0n) is 8.42. The normalized spacial score (nSPS) is 9.75. The molecule has 0 saturated heterocycles. The van der Waals surface area contributed by atoms with Gasteiger partial charge in [0.1, 0.15) is 0 Å². The Kier molecular flexibility index (Phi) is 2.82. The maximum Gasteiger partial charge on any atom is 0.335 e. The monoisotopic (exact) mass is 214 g/mol. The fourth-order valence-corrected chi connectivity index (χ4v) is 1.30. The summed E-state index contributed by atoms with van der Waals surface area (Å²) in [5.41, 5.74) is 1.97. The van der Waals surface area contributed by atoms with Crippen molar-refractivity contribution in [1.29, 1.82) is 0 Å². The first-order chi connectivity index (χ1) is 7.75. The molecule has 1 aromatic carbocycles. The number of nitrogens with zero attached hydrogens (tertiary/aromatic N) is 1. The summed E-state index contributed by atoms with van der Waals surface area (Å²) in [6.45, 7) is 0. The van der Waals surface area contributed by atoms with Gasteiger partial charge in [0.05, 0.1) is 17.4 Å². The van der Waals surface area contributed by atoms with Crippen LogP contribution >= 0.6 is 0 Å². The quantitative estimate of drug-likeness (QED) is 0.824. The predicted molar refractivity (Wildman–Crippen MR) is 60.9 cm³/mol. The van der Waals surface area contributed by atoms with Crippen molar-refractivity contribution in [2.75, 3.05) is 5.32 Å². The van der Waals surface area contributed by atoms with Gasteiger partial charge in [-0.25, -0.2) is 4.79 Å². The number of carboxylic acids is 1. The van der Waals surface area contributed by atoms with E-state index in [1.54, 1.807) is 36.7 Å². The molecule has 0 atom stereocenters. The van der Waals surface area contributed by atoms with Gasteiger partial charge in [0.15, 0.2) is 0 Å². The van der Waals surface area contributed by atoms with Crippen molar-refractivity contribution in [2.24, 2.45) is 0 Å². The van der Waals surface area contributed by atoms with Gasteiger partial charge in [-0.2, -0.15) is 0 Å². The van der Waals surface area contributed by atoms with Crippen LogP contribution in [0, 0.1) is 0 Å².